The Kier molecular flexibility index (Phi) is 5.77. The van der Waals surface area contributed by atoms with Crippen molar-refractivity contribution in [1.82, 2.24) is 5.32 Å². The molecule has 1 aliphatic heterocycles. The minimum atomic E-state index is -0.0799. The summed E-state index contributed by atoms with van der Waals surface area (Å²) in [6, 6.07) is 17.5. The van der Waals surface area contributed by atoms with Crippen LogP contribution in [0.4, 0.5) is 5.69 Å². The van der Waals surface area contributed by atoms with Gasteiger partial charge in [0.25, 0.3) is 5.91 Å². The molecule has 1 unspecified atom stereocenters. The lowest BCUT2D eigenvalue weighted by Gasteiger charge is -2.19. The highest BCUT2D eigenvalue weighted by atomic mass is 16.5. The van der Waals surface area contributed by atoms with Gasteiger partial charge >= 0.3 is 0 Å². The summed E-state index contributed by atoms with van der Waals surface area (Å²) in [6.45, 7) is 2.66. The lowest BCUT2D eigenvalue weighted by Crippen LogP contribution is -2.34. The smallest absolute Gasteiger partial charge is 0.257 e. The number of para-hydroxylation sites is 1. The molecule has 0 spiro atoms. The van der Waals surface area contributed by atoms with Crippen molar-refractivity contribution in [2.45, 2.75) is 6.42 Å². The Balaban J connectivity index is 1.41. The minimum Gasteiger partial charge on any atom is -0.497 e. The van der Waals surface area contributed by atoms with Gasteiger partial charge < -0.3 is 19.7 Å². The number of rotatable bonds is 7. The number of hydrogen-bond acceptors (Lipinski definition) is 4. The van der Waals surface area contributed by atoms with Crippen molar-refractivity contribution in [1.29, 1.82) is 0 Å². The monoisotopic (exact) mass is 340 g/mol. The van der Waals surface area contributed by atoms with Crippen molar-refractivity contribution in [3.63, 3.8) is 0 Å². The Morgan fingerprint density at radius 3 is 2.76 bits per heavy atom. The molecule has 5 nitrogen and oxygen atoms in total. The number of anilines is 1. The molecule has 1 N–H and O–H groups in total. The predicted octanol–water partition coefficient (Wildman–Crippen LogP) is 2.72. The maximum absolute atomic E-state index is 11.9. The number of amides is 1. The van der Waals surface area contributed by atoms with E-state index in [0.717, 1.165) is 25.3 Å². The molecule has 1 atom stereocenters. The molecule has 2 aromatic rings. The van der Waals surface area contributed by atoms with Crippen molar-refractivity contribution in [3.8, 4) is 11.5 Å². The van der Waals surface area contributed by atoms with E-state index in [2.05, 4.69) is 22.3 Å². The Bertz CT molecular complexity index is 690. The average molecular weight is 340 g/mol. The fourth-order valence-corrected chi connectivity index (χ4v) is 3.02. The second kappa shape index (κ2) is 8.42. The van der Waals surface area contributed by atoms with Crippen molar-refractivity contribution in [2.75, 3.05) is 38.3 Å². The highest BCUT2D eigenvalue weighted by Gasteiger charge is 2.23. The van der Waals surface area contributed by atoms with Gasteiger partial charge in [-0.2, -0.15) is 0 Å². The second-order valence-electron chi connectivity index (χ2n) is 6.21. The molecule has 2 aromatic carbocycles. The molecule has 0 bridgehead atoms. The number of carbonyl (C=O) groups excluding carboxylic acids is 1. The van der Waals surface area contributed by atoms with Gasteiger partial charge in [0.1, 0.15) is 11.5 Å². The normalized spacial score (nSPS) is 16.5. The highest BCUT2D eigenvalue weighted by molar-refractivity contribution is 5.77. The Hall–Kier alpha value is -2.69. The molecule has 0 aromatic heterocycles. The van der Waals surface area contributed by atoms with Crippen LogP contribution in [-0.2, 0) is 4.79 Å². The van der Waals surface area contributed by atoms with Gasteiger partial charge in [-0.15, -0.1) is 0 Å². The zero-order valence-corrected chi connectivity index (χ0v) is 14.5. The molecular weight excluding hydrogens is 316 g/mol. The van der Waals surface area contributed by atoms with Crippen LogP contribution in [0.15, 0.2) is 54.6 Å². The van der Waals surface area contributed by atoms with Crippen LogP contribution in [-0.4, -0.2) is 39.3 Å². The van der Waals surface area contributed by atoms with Crippen molar-refractivity contribution in [2.24, 2.45) is 5.92 Å². The number of carbonyl (C=O) groups is 1. The van der Waals surface area contributed by atoms with E-state index in [1.54, 1.807) is 7.11 Å². The lowest BCUT2D eigenvalue weighted by atomic mass is 10.1. The molecule has 1 aliphatic rings. The summed E-state index contributed by atoms with van der Waals surface area (Å²) in [7, 11) is 1.68. The quantitative estimate of drug-likeness (QED) is 0.842. The van der Waals surface area contributed by atoms with Crippen LogP contribution in [0, 0.1) is 5.92 Å². The molecule has 0 saturated carbocycles. The summed E-state index contributed by atoms with van der Waals surface area (Å²) >= 11 is 0. The van der Waals surface area contributed by atoms with Crippen LogP contribution in [0.3, 0.4) is 0 Å². The fourth-order valence-electron chi connectivity index (χ4n) is 3.02. The first-order valence-corrected chi connectivity index (χ1v) is 8.58. The topological polar surface area (TPSA) is 50.8 Å². The summed E-state index contributed by atoms with van der Waals surface area (Å²) in [6.07, 6.45) is 1.07. The second-order valence-corrected chi connectivity index (χ2v) is 6.21. The van der Waals surface area contributed by atoms with Crippen LogP contribution < -0.4 is 19.7 Å². The number of nitrogens with one attached hydrogen (secondary N) is 1. The number of methoxy groups -OCH3 is 1. The van der Waals surface area contributed by atoms with Gasteiger partial charge in [0.2, 0.25) is 0 Å². The number of hydrogen-bond donors (Lipinski definition) is 1. The van der Waals surface area contributed by atoms with E-state index < -0.39 is 0 Å². The standard InChI is InChI=1S/C20H24N2O3/c1-24-19-9-5-6-17(12-19)22-11-10-16(14-22)13-21-20(23)15-25-18-7-3-2-4-8-18/h2-9,12,16H,10-11,13-15H2,1H3,(H,21,23). The van der Waals surface area contributed by atoms with Crippen LogP contribution in [0.2, 0.25) is 0 Å². The number of ether oxygens (including phenoxy) is 2. The first-order chi connectivity index (χ1) is 12.2. The van der Waals surface area contributed by atoms with E-state index in [1.165, 1.54) is 5.69 Å². The van der Waals surface area contributed by atoms with Crippen molar-refractivity contribution in [3.05, 3.63) is 54.6 Å². The van der Waals surface area contributed by atoms with Gasteiger partial charge in [-0.05, 0) is 36.6 Å². The third-order valence-electron chi connectivity index (χ3n) is 4.41. The Morgan fingerprint density at radius 1 is 1.16 bits per heavy atom. The maximum atomic E-state index is 11.9. The summed E-state index contributed by atoms with van der Waals surface area (Å²) < 4.78 is 10.7. The first-order valence-electron chi connectivity index (χ1n) is 8.58. The molecule has 0 radical (unpaired) electrons. The van der Waals surface area contributed by atoms with E-state index in [9.17, 15) is 4.79 Å². The predicted molar refractivity (Wildman–Crippen MR) is 98.3 cm³/mol. The van der Waals surface area contributed by atoms with E-state index in [0.29, 0.717) is 18.2 Å². The van der Waals surface area contributed by atoms with E-state index in [-0.39, 0.29) is 12.5 Å². The largest absolute Gasteiger partial charge is 0.497 e. The summed E-state index contributed by atoms with van der Waals surface area (Å²) in [4.78, 5) is 14.3. The van der Waals surface area contributed by atoms with Crippen LogP contribution in [0.5, 0.6) is 11.5 Å². The average Bonchev–Trinajstić information content (AvgIpc) is 3.15. The van der Waals surface area contributed by atoms with Gasteiger partial charge in [-0.1, -0.05) is 24.3 Å². The molecule has 25 heavy (non-hydrogen) atoms. The van der Waals surface area contributed by atoms with Gasteiger partial charge in [0, 0.05) is 31.4 Å². The molecule has 1 amide bonds. The molecular formula is C20H24N2O3. The van der Waals surface area contributed by atoms with Crippen LogP contribution >= 0.6 is 0 Å². The minimum absolute atomic E-state index is 0.0519. The molecule has 1 fully saturated rings. The summed E-state index contributed by atoms with van der Waals surface area (Å²) in [5.74, 6) is 1.95. The lowest BCUT2D eigenvalue weighted by molar-refractivity contribution is -0.123. The SMILES string of the molecule is COc1cccc(N2CCC(CNC(=O)COc3ccccc3)C2)c1. The molecule has 0 aliphatic carbocycles. The highest BCUT2D eigenvalue weighted by Crippen LogP contribution is 2.26. The molecule has 3 rings (SSSR count). The summed E-state index contributed by atoms with van der Waals surface area (Å²) in [5, 5.41) is 2.97. The third-order valence-corrected chi connectivity index (χ3v) is 4.41. The van der Waals surface area contributed by atoms with E-state index in [1.807, 2.05) is 42.5 Å². The van der Waals surface area contributed by atoms with Gasteiger partial charge in [0.15, 0.2) is 6.61 Å². The molecule has 1 heterocycles. The van der Waals surface area contributed by atoms with Gasteiger partial charge in [0.05, 0.1) is 7.11 Å². The van der Waals surface area contributed by atoms with Crippen LogP contribution in [0.25, 0.3) is 0 Å². The van der Waals surface area contributed by atoms with Crippen LogP contribution in [0.1, 0.15) is 6.42 Å². The molecule has 132 valence electrons. The molecule has 1 saturated heterocycles. The summed E-state index contributed by atoms with van der Waals surface area (Å²) in [5.41, 5.74) is 1.17. The van der Waals surface area contributed by atoms with E-state index in [4.69, 9.17) is 9.47 Å². The zero-order chi connectivity index (χ0) is 17.5. The number of nitrogens with zero attached hydrogens (tertiary/aromatic N) is 1. The van der Waals surface area contributed by atoms with E-state index >= 15 is 0 Å². The van der Waals surface area contributed by atoms with Gasteiger partial charge in [-0.25, -0.2) is 0 Å². The third kappa shape index (κ3) is 4.89. The Labute approximate surface area is 148 Å². The fraction of sp³-hybridized carbons (Fsp3) is 0.350. The number of benzene rings is 2. The van der Waals surface area contributed by atoms with Crippen molar-refractivity contribution < 1.29 is 14.3 Å². The zero-order valence-electron chi connectivity index (χ0n) is 14.5. The van der Waals surface area contributed by atoms with Crippen molar-refractivity contribution >= 4 is 11.6 Å². The molecule has 5 heteroatoms. The maximum Gasteiger partial charge on any atom is 0.257 e. The van der Waals surface area contributed by atoms with Gasteiger partial charge in [-0.3, -0.25) is 4.79 Å². The first kappa shape index (κ1) is 17.1. The Morgan fingerprint density at radius 2 is 1.96 bits per heavy atom.